The standard InChI is InChI=1S/C21H22N4O2/c26-13-21(10-15-4-2-1-3-5-15)11-17-7-8-18(21)25(17)20(27)16-6-9-19-22-14-23-24(19)12-16/h1-6,9,12,14,17-18,26H,7-8,10-11,13H2/t17-,18+,21-/m1/s1. The molecule has 2 aliphatic rings. The molecule has 1 amide bonds. The molecule has 1 N–H and O–H groups in total. The van der Waals surface area contributed by atoms with E-state index in [0.717, 1.165) is 31.3 Å². The number of benzene rings is 1. The van der Waals surface area contributed by atoms with Crippen molar-refractivity contribution in [3.63, 3.8) is 0 Å². The Hall–Kier alpha value is -2.73. The molecule has 27 heavy (non-hydrogen) atoms. The van der Waals surface area contributed by atoms with Gasteiger partial charge in [-0.05, 0) is 43.4 Å². The summed E-state index contributed by atoms with van der Waals surface area (Å²) in [5.74, 6) is 0.0308. The molecule has 0 spiro atoms. The van der Waals surface area contributed by atoms with Crippen molar-refractivity contribution >= 4 is 11.6 Å². The highest BCUT2D eigenvalue weighted by atomic mass is 16.3. The average molecular weight is 362 g/mol. The lowest BCUT2D eigenvalue weighted by Gasteiger charge is -2.36. The van der Waals surface area contributed by atoms with Crippen LogP contribution in [0.3, 0.4) is 0 Å². The van der Waals surface area contributed by atoms with Gasteiger partial charge in [-0.1, -0.05) is 30.3 Å². The SMILES string of the molecule is O=C(c1ccc2ncnn2c1)N1[C@@H]2CC[C@H]1[C@](CO)(Cc1ccccc1)C2. The van der Waals surface area contributed by atoms with E-state index in [2.05, 4.69) is 22.2 Å². The van der Waals surface area contributed by atoms with E-state index in [-0.39, 0.29) is 30.0 Å². The van der Waals surface area contributed by atoms with Crippen LogP contribution in [0.25, 0.3) is 5.65 Å². The summed E-state index contributed by atoms with van der Waals surface area (Å²) in [6.45, 7) is 0.106. The van der Waals surface area contributed by atoms with E-state index in [1.54, 1.807) is 10.7 Å². The number of carbonyl (C=O) groups is 1. The van der Waals surface area contributed by atoms with Crippen LogP contribution < -0.4 is 0 Å². The van der Waals surface area contributed by atoms with Gasteiger partial charge in [0.15, 0.2) is 5.65 Å². The van der Waals surface area contributed by atoms with Crippen LogP contribution >= 0.6 is 0 Å². The lowest BCUT2D eigenvalue weighted by molar-refractivity contribution is 0.0570. The van der Waals surface area contributed by atoms with E-state index in [9.17, 15) is 9.90 Å². The van der Waals surface area contributed by atoms with E-state index in [1.807, 2.05) is 35.2 Å². The smallest absolute Gasteiger partial charge is 0.255 e. The number of aliphatic hydroxyl groups excluding tert-OH is 1. The molecule has 1 aromatic carbocycles. The Morgan fingerprint density at radius 2 is 2.04 bits per heavy atom. The fourth-order valence-electron chi connectivity index (χ4n) is 5.11. The van der Waals surface area contributed by atoms with E-state index in [1.165, 1.54) is 11.9 Å². The predicted molar refractivity (Wildman–Crippen MR) is 100 cm³/mol. The first kappa shape index (κ1) is 16.4. The molecule has 4 heterocycles. The minimum absolute atomic E-state index is 0.0308. The molecule has 2 fully saturated rings. The molecule has 0 saturated carbocycles. The maximum absolute atomic E-state index is 13.3. The Morgan fingerprint density at radius 3 is 2.85 bits per heavy atom. The molecule has 138 valence electrons. The zero-order valence-corrected chi connectivity index (χ0v) is 15.0. The van der Waals surface area contributed by atoms with Gasteiger partial charge in [0, 0.05) is 23.7 Å². The molecule has 5 rings (SSSR count). The third kappa shape index (κ3) is 2.55. The van der Waals surface area contributed by atoms with Gasteiger partial charge in [0.1, 0.15) is 6.33 Å². The second kappa shape index (κ2) is 6.16. The summed E-state index contributed by atoms with van der Waals surface area (Å²) in [5, 5.41) is 14.5. The van der Waals surface area contributed by atoms with Crippen molar-refractivity contribution in [3.05, 3.63) is 66.1 Å². The number of hydrogen-bond donors (Lipinski definition) is 1. The molecule has 2 bridgehead atoms. The van der Waals surface area contributed by atoms with Crippen molar-refractivity contribution in [3.8, 4) is 0 Å². The van der Waals surface area contributed by atoms with Crippen molar-refractivity contribution in [2.45, 2.75) is 37.8 Å². The van der Waals surface area contributed by atoms with Crippen molar-refractivity contribution in [1.29, 1.82) is 0 Å². The zero-order chi connectivity index (χ0) is 18.4. The number of hydrogen-bond acceptors (Lipinski definition) is 4. The largest absolute Gasteiger partial charge is 0.396 e. The highest BCUT2D eigenvalue weighted by Crippen LogP contribution is 2.51. The summed E-state index contributed by atoms with van der Waals surface area (Å²) in [5.41, 5.74) is 2.32. The van der Waals surface area contributed by atoms with Crippen LogP contribution in [0.15, 0.2) is 55.0 Å². The molecule has 2 aromatic heterocycles. The van der Waals surface area contributed by atoms with Crippen molar-refractivity contribution in [1.82, 2.24) is 19.5 Å². The van der Waals surface area contributed by atoms with Gasteiger partial charge in [-0.2, -0.15) is 5.10 Å². The summed E-state index contributed by atoms with van der Waals surface area (Å²) in [7, 11) is 0. The maximum Gasteiger partial charge on any atom is 0.255 e. The number of carbonyl (C=O) groups excluding carboxylic acids is 1. The average Bonchev–Trinajstić information content (AvgIpc) is 3.41. The van der Waals surface area contributed by atoms with Crippen molar-refractivity contribution in [2.24, 2.45) is 5.41 Å². The molecule has 0 radical (unpaired) electrons. The molecule has 6 nitrogen and oxygen atoms in total. The first-order valence-corrected chi connectivity index (χ1v) is 9.47. The Kier molecular flexibility index (Phi) is 3.75. The minimum Gasteiger partial charge on any atom is -0.396 e. The summed E-state index contributed by atoms with van der Waals surface area (Å²) in [4.78, 5) is 19.5. The Balaban J connectivity index is 1.46. The Labute approximate surface area is 157 Å². The van der Waals surface area contributed by atoms with Gasteiger partial charge in [0.25, 0.3) is 5.91 Å². The number of aromatic nitrogens is 3. The topological polar surface area (TPSA) is 70.7 Å². The molecule has 2 aliphatic heterocycles. The highest BCUT2D eigenvalue weighted by Gasteiger charge is 2.57. The molecular formula is C21H22N4O2. The summed E-state index contributed by atoms with van der Waals surface area (Å²) < 4.78 is 1.63. The van der Waals surface area contributed by atoms with Gasteiger partial charge >= 0.3 is 0 Å². The van der Waals surface area contributed by atoms with Gasteiger partial charge in [-0.15, -0.1) is 0 Å². The molecule has 2 saturated heterocycles. The Bertz CT molecular complexity index is 986. The van der Waals surface area contributed by atoms with Crippen LogP contribution in [0.4, 0.5) is 0 Å². The summed E-state index contributed by atoms with van der Waals surface area (Å²) in [6.07, 6.45) is 6.87. The number of fused-ring (bicyclic) bond motifs is 3. The first-order chi connectivity index (χ1) is 13.2. The van der Waals surface area contributed by atoms with Crippen LogP contribution in [-0.4, -0.2) is 49.2 Å². The number of rotatable bonds is 4. The number of nitrogens with zero attached hydrogens (tertiary/aromatic N) is 4. The van der Waals surface area contributed by atoms with Crippen LogP contribution in [-0.2, 0) is 6.42 Å². The predicted octanol–water partition coefficient (Wildman–Crippen LogP) is 2.33. The normalized spacial score (nSPS) is 26.8. The van der Waals surface area contributed by atoms with Gasteiger partial charge < -0.3 is 10.0 Å². The van der Waals surface area contributed by atoms with Crippen LogP contribution in [0, 0.1) is 5.41 Å². The van der Waals surface area contributed by atoms with Gasteiger partial charge in [0.2, 0.25) is 0 Å². The summed E-state index contributed by atoms with van der Waals surface area (Å²) >= 11 is 0. The fraction of sp³-hybridized carbons (Fsp3) is 0.381. The quantitative estimate of drug-likeness (QED) is 0.773. The zero-order valence-electron chi connectivity index (χ0n) is 15.0. The second-order valence-corrected chi connectivity index (χ2v) is 7.83. The van der Waals surface area contributed by atoms with E-state index >= 15 is 0 Å². The molecular weight excluding hydrogens is 340 g/mol. The highest BCUT2D eigenvalue weighted by molar-refractivity contribution is 5.95. The van der Waals surface area contributed by atoms with Gasteiger partial charge in [-0.25, -0.2) is 9.50 Å². The van der Waals surface area contributed by atoms with Crippen molar-refractivity contribution < 1.29 is 9.90 Å². The third-order valence-electron chi connectivity index (χ3n) is 6.32. The Morgan fingerprint density at radius 1 is 1.19 bits per heavy atom. The van der Waals surface area contributed by atoms with Gasteiger partial charge in [0.05, 0.1) is 12.2 Å². The number of amides is 1. The van der Waals surface area contributed by atoms with Crippen LogP contribution in [0.2, 0.25) is 0 Å². The van der Waals surface area contributed by atoms with Gasteiger partial charge in [-0.3, -0.25) is 4.79 Å². The first-order valence-electron chi connectivity index (χ1n) is 9.47. The molecule has 3 aromatic rings. The van der Waals surface area contributed by atoms with E-state index in [0.29, 0.717) is 5.56 Å². The maximum atomic E-state index is 13.3. The lowest BCUT2D eigenvalue weighted by atomic mass is 9.70. The van der Waals surface area contributed by atoms with E-state index < -0.39 is 0 Å². The molecule has 6 heteroatoms. The third-order valence-corrected chi connectivity index (χ3v) is 6.32. The molecule has 3 atom stereocenters. The molecule has 0 unspecified atom stereocenters. The summed E-state index contributed by atoms with van der Waals surface area (Å²) in [6, 6.07) is 14.2. The number of aliphatic hydroxyl groups is 1. The second-order valence-electron chi connectivity index (χ2n) is 7.83. The fourth-order valence-corrected chi connectivity index (χ4v) is 5.11. The van der Waals surface area contributed by atoms with Crippen LogP contribution in [0.5, 0.6) is 0 Å². The minimum atomic E-state index is -0.253. The van der Waals surface area contributed by atoms with Crippen LogP contribution in [0.1, 0.15) is 35.2 Å². The monoisotopic (exact) mass is 362 g/mol. The van der Waals surface area contributed by atoms with E-state index in [4.69, 9.17) is 0 Å². The molecule has 0 aliphatic carbocycles. The van der Waals surface area contributed by atoms with Crippen molar-refractivity contribution in [2.75, 3.05) is 6.61 Å². The number of pyridine rings is 1. The lowest BCUT2D eigenvalue weighted by Crippen LogP contribution is -2.44.